The largest absolute Gasteiger partial charge is 0.295 e. The lowest BCUT2D eigenvalue weighted by atomic mass is 10.1. The monoisotopic (exact) mass is 403 g/mol. The van der Waals surface area contributed by atoms with Crippen LogP contribution in [-0.2, 0) is 16.3 Å². The quantitative estimate of drug-likeness (QED) is 0.706. The van der Waals surface area contributed by atoms with Crippen LogP contribution < -0.4 is 5.32 Å². The standard InChI is InChI=1S/C14H18ClN5O3S2/c1-4-5-25(22,23)14-16-7-9(15)11(17-14)12(21)18-13-20-19-10(24-13)6-8(2)3/h7-8H,4-6H2,1-3H3,(H,18,20,21). The number of halogens is 1. The Bertz CT molecular complexity index is 867. The van der Waals surface area contributed by atoms with Gasteiger partial charge in [0.05, 0.1) is 17.0 Å². The Morgan fingerprint density at radius 1 is 1.36 bits per heavy atom. The fraction of sp³-hybridized carbons (Fsp3) is 0.500. The summed E-state index contributed by atoms with van der Waals surface area (Å²) >= 11 is 7.19. The maximum absolute atomic E-state index is 12.4. The van der Waals surface area contributed by atoms with Gasteiger partial charge in [0, 0.05) is 6.42 Å². The Morgan fingerprint density at radius 3 is 2.72 bits per heavy atom. The van der Waals surface area contributed by atoms with Crippen molar-refractivity contribution < 1.29 is 13.2 Å². The zero-order valence-corrected chi connectivity index (χ0v) is 16.4. The molecule has 0 bridgehead atoms. The lowest BCUT2D eigenvalue weighted by Gasteiger charge is -2.06. The molecule has 2 rings (SSSR count). The van der Waals surface area contributed by atoms with Gasteiger partial charge in [-0.2, -0.15) is 0 Å². The van der Waals surface area contributed by atoms with Crippen LogP contribution in [0.5, 0.6) is 0 Å². The molecular weight excluding hydrogens is 386 g/mol. The van der Waals surface area contributed by atoms with Gasteiger partial charge < -0.3 is 0 Å². The van der Waals surface area contributed by atoms with Crippen molar-refractivity contribution in [1.29, 1.82) is 0 Å². The Morgan fingerprint density at radius 2 is 2.08 bits per heavy atom. The molecule has 0 saturated heterocycles. The molecule has 1 amide bonds. The van der Waals surface area contributed by atoms with E-state index in [1.165, 1.54) is 11.3 Å². The van der Waals surface area contributed by atoms with Crippen LogP contribution in [0.3, 0.4) is 0 Å². The number of carbonyl (C=O) groups is 1. The van der Waals surface area contributed by atoms with Crippen LogP contribution in [0.2, 0.25) is 5.02 Å². The number of hydrogen-bond acceptors (Lipinski definition) is 8. The van der Waals surface area contributed by atoms with Gasteiger partial charge in [0.25, 0.3) is 5.91 Å². The fourth-order valence-corrected chi connectivity index (χ4v) is 4.20. The van der Waals surface area contributed by atoms with Crippen LogP contribution in [-0.4, -0.2) is 40.2 Å². The average Bonchev–Trinajstić information content (AvgIpc) is 2.93. The molecule has 0 fully saturated rings. The normalized spacial score (nSPS) is 11.7. The van der Waals surface area contributed by atoms with Gasteiger partial charge >= 0.3 is 0 Å². The predicted octanol–water partition coefficient (Wildman–Crippen LogP) is 2.62. The molecule has 2 aromatic heterocycles. The van der Waals surface area contributed by atoms with Crippen LogP contribution in [0.15, 0.2) is 11.4 Å². The van der Waals surface area contributed by atoms with Gasteiger partial charge in [-0.25, -0.2) is 18.4 Å². The molecule has 1 N–H and O–H groups in total. The molecule has 8 nitrogen and oxygen atoms in total. The fourth-order valence-electron chi connectivity index (χ4n) is 1.91. The molecular formula is C14H18ClN5O3S2. The minimum atomic E-state index is -3.65. The highest BCUT2D eigenvalue weighted by Crippen LogP contribution is 2.21. The van der Waals surface area contributed by atoms with Crippen molar-refractivity contribution in [2.45, 2.75) is 38.8 Å². The minimum absolute atomic E-state index is 0.0418. The van der Waals surface area contributed by atoms with Crippen molar-refractivity contribution in [2.75, 3.05) is 11.1 Å². The SMILES string of the molecule is CCCS(=O)(=O)c1ncc(Cl)c(C(=O)Nc2nnc(CC(C)C)s2)n1. The lowest BCUT2D eigenvalue weighted by molar-refractivity contribution is 0.102. The van der Waals surface area contributed by atoms with Crippen molar-refractivity contribution in [3.63, 3.8) is 0 Å². The summed E-state index contributed by atoms with van der Waals surface area (Å²) in [5, 5.41) is 11.1. The highest BCUT2D eigenvalue weighted by Gasteiger charge is 2.22. The smallest absolute Gasteiger partial charge is 0.277 e. The molecule has 2 aromatic rings. The van der Waals surface area contributed by atoms with Crippen molar-refractivity contribution >= 4 is 43.8 Å². The number of rotatable bonds is 7. The second-order valence-electron chi connectivity index (χ2n) is 5.72. The highest BCUT2D eigenvalue weighted by molar-refractivity contribution is 7.91. The van der Waals surface area contributed by atoms with Gasteiger partial charge in [0.15, 0.2) is 5.69 Å². The van der Waals surface area contributed by atoms with E-state index in [4.69, 9.17) is 11.6 Å². The Balaban J connectivity index is 2.23. The topological polar surface area (TPSA) is 115 Å². The van der Waals surface area contributed by atoms with Crippen LogP contribution in [0.4, 0.5) is 5.13 Å². The minimum Gasteiger partial charge on any atom is -0.295 e. The number of carbonyl (C=O) groups excluding carboxylic acids is 1. The second-order valence-corrected chi connectivity index (χ2v) is 9.19. The molecule has 0 unspecified atom stereocenters. The first-order valence-corrected chi connectivity index (χ1v) is 10.5. The van der Waals surface area contributed by atoms with E-state index in [9.17, 15) is 13.2 Å². The third kappa shape index (κ3) is 5.16. The molecule has 0 aliphatic rings. The molecule has 25 heavy (non-hydrogen) atoms. The summed E-state index contributed by atoms with van der Waals surface area (Å²) in [4.78, 5) is 19.9. The van der Waals surface area contributed by atoms with Crippen molar-refractivity contribution in [2.24, 2.45) is 5.92 Å². The van der Waals surface area contributed by atoms with E-state index in [1.54, 1.807) is 6.92 Å². The number of hydrogen-bond donors (Lipinski definition) is 1. The summed E-state index contributed by atoms with van der Waals surface area (Å²) in [5.74, 6) is -0.350. The Hall–Kier alpha value is -1.65. The van der Waals surface area contributed by atoms with Crippen LogP contribution >= 0.6 is 22.9 Å². The zero-order valence-electron chi connectivity index (χ0n) is 14.0. The predicted molar refractivity (Wildman–Crippen MR) is 95.8 cm³/mol. The molecule has 0 aliphatic carbocycles. The molecule has 0 radical (unpaired) electrons. The maximum atomic E-state index is 12.4. The summed E-state index contributed by atoms with van der Waals surface area (Å²) in [6, 6.07) is 0. The first kappa shape index (κ1) is 19.7. The maximum Gasteiger partial charge on any atom is 0.277 e. The third-order valence-electron chi connectivity index (χ3n) is 2.96. The van der Waals surface area contributed by atoms with Crippen molar-refractivity contribution in [3.05, 3.63) is 21.9 Å². The van der Waals surface area contributed by atoms with Crippen molar-refractivity contribution in [1.82, 2.24) is 20.2 Å². The number of aromatic nitrogens is 4. The van der Waals surface area contributed by atoms with E-state index in [-0.39, 0.29) is 16.5 Å². The van der Waals surface area contributed by atoms with E-state index < -0.39 is 20.9 Å². The summed E-state index contributed by atoms with van der Waals surface area (Å²) in [6.07, 6.45) is 2.27. The van der Waals surface area contributed by atoms with Crippen LogP contribution in [0, 0.1) is 5.92 Å². The van der Waals surface area contributed by atoms with E-state index in [0.717, 1.165) is 17.6 Å². The number of nitrogens with zero attached hydrogens (tertiary/aromatic N) is 4. The molecule has 0 atom stereocenters. The van der Waals surface area contributed by atoms with E-state index in [2.05, 4.69) is 39.3 Å². The molecule has 2 heterocycles. The number of amides is 1. The molecule has 11 heteroatoms. The van der Waals surface area contributed by atoms with Gasteiger partial charge in [-0.15, -0.1) is 10.2 Å². The van der Waals surface area contributed by atoms with Crippen molar-refractivity contribution in [3.8, 4) is 0 Å². The van der Waals surface area contributed by atoms with Gasteiger partial charge in [0.2, 0.25) is 20.1 Å². The molecule has 0 aromatic carbocycles. The Kier molecular flexibility index (Phi) is 6.42. The molecule has 0 aliphatic heterocycles. The summed E-state index contributed by atoms with van der Waals surface area (Å²) < 4.78 is 24.1. The number of nitrogens with one attached hydrogen (secondary N) is 1. The molecule has 0 spiro atoms. The summed E-state index contributed by atoms with van der Waals surface area (Å²) in [7, 11) is -3.65. The van der Waals surface area contributed by atoms with Gasteiger partial charge in [-0.1, -0.05) is 43.7 Å². The average molecular weight is 404 g/mol. The number of anilines is 1. The summed E-state index contributed by atoms with van der Waals surface area (Å²) in [5.41, 5.74) is -0.216. The first-order chi connectivity index (χ1) is 11.7. The van der Waals surface area contributed by atoms with E-state index in [1.807, 2.05) is 0 Å². The lowest BCUT2D eigenvalue weighted by Crippen LogP contribution is -2.18. The van der Waals surface area contributed by atoms with Crippen LogP contribution in [0.1, 0.15) is 42.7 Å². The number of sulfone groups is 1. The second kappa shape index (κ2) is 8.15. The zero-order chi connectivity index (χ0) is 18.6. The van der Waals surface area contributed by atoms with Crippen LogP contribution in [0.25, 0.3) is 0 Å². The molecule has 0 saturated carbocycles. The van der Waals surface area contributed by atoms with Gasteiger partial charge in [-0.3, -0.25) is 10.1 Å². The molecule has 136 valence electrons. The van der Waals surface area contributed by atoms with E-state index in [0.29, 0.717) is 17.5 Å². The van der Waals surface area contributed by atoms with E-state index >= 15 is 0 Å². The third-order valence-corrected chi connectivity index (χ3v) is 5.79. The van der Waals surface area contributed by atoms with Gasteiger partial charge in [0.1, 0.15) is 5.01 Å². The summed E-state index contributed by atoms with van der Waals surface area (Å²) in [6.45, 7) is 5.84. The van der Waals surface area contributed by atoms with Gasteiger partial charge in [-0.05, 0) is 12.3 Å². The first-order valence-electron chi connectivity index (χ1n) is 7.62. The Labute approximate surface area is 155 Å². The highest BCUT2D eigenvalue weighted by atomic mass is 35.5.